The molecular formula is C76H121N10O38P. The van der Waals surface area contributed by atoms with Crippen molar-refractivity contribution in [2.45, 2.75) is 253 Å². The maximum atomic E-state index is 14.6. The van der Waals surface area contributed by atoms with Crippen molar-refractivity contribution in [1.82, 2.24) is 47.2 Å². The highest BCUT2D eigenvalue weighted by Gasteiger charge is 2.55. The molecule has 0 spiro atoms. The minimum atomic E-state index is -2.13. The first kappa shape index (κ1) is 110. The number of nitrogens with zero attached hydrogens (tertiary/aromatic N) is 2. The first-order chi connectivity index (χ1) is 59.1. The van der Waals surface area contributed by atoms with Crippen LogP contribution in [0.2, 0.25) is 0 Å². The van der Waals surface area contributed by atoms with Gasteiger partial charge in [0.15, 0.2) is 61.5 Å². The minimum Gasteiger partial charge on any atom is -0.463 e. The Bertz CT molecular complexity index is 3550. The lowest BCUT2D eigenvalue weighted by molar-refractivity contribution is -0.279. The molecule has 18 atom stereocenters. The second-order valence-electron chi connectivity index (χ2n) is 28.4. The number of nitrogens with one attached hydrogen (secondary N) is 8. The zero-order chi connectivity index (χ0) is 93.4. The SMILES string of the molecule is CC(=O)NC1C(OCCOCCNC(=O)CCC(NC(=O)C(NC(=O)CCOCCOP(OCCC#N)N(C(C)C)C(C)C)C(=O)NCCOCCOC2OC(COC(C)=O)C(OC(C)=O)C(OC(C)=O)C2NC(C)=O)C(=O)NCCOCCOC2OC(COC(C)=O)C(OC(C)=O)C(OC(C)=O)C2NC(C)=O)OC(COC(C)=O)C(OC(C)=O)C1OC(C)=O. The molecule has 3 aliphatic rings. The molecule has 0 radical (unpaired) electrons. The average molecular weight is 1810 g/mol. The van der Waals surface area contributed by atoms with Gasteiger partial charge in [-0.15, -0.1) is 0 Å². The summed E-state index contributed by atoms with van der Waals surface area (Å²) >= 11 is 0. The fraction of sp³-hybridized carbons (Fsp3) is 0.763. The second-order valence-corrected chi connectivity index (χ2v) is 29.8. The Kier molecular flexibility index (Phi) is 52.0. The first-order valence-electron chi connectivity index (χ1n) is 40.1. The predicted molar refractivity (Wildman–Crippen MR) is 421 cm³/mol. The third-order valence-electron chi connectivity index (χ3n) is 17.1. The lowest BCUT2D eigenvalue weighted by Crippen LogP contribution is -2.66. The molecule has 8 N–H and O–H groups in total. The molecule has 3 saturated heterocycles. The van der Waals surface area contributed by atoms with Crippen LogP contribution in [0.15, 0.2) is 0 Å². The van der Waals surface area contributed by atoms with E-state index >= 15 is 0 Å². The fourth-order valence-corrected chi connectivity index (χ4v) is 14.0. The van der Waals surface area contributed by atoms with E-state index in [-0.39, 0.29) is 124 Å². The standard InChI is InChI=1S/C76H121N10O38P/c1-41(2)86(42(3)4)125(114-25-17-21-77)115-37-33-104-26-20-60(100)85-64(72(102)80-24-29-107-32-36-110-76-63(83-45(7)89)70(121-54(16)98)67(118-51(13)95)58(124-76)40-113-48(10)92)73(103)84-55(71(101)79-23-28-106-31-35-109-75-62(82-44(6)88)69(120-53(15)97)66(117-50(12)94)57(123-75)39-112-47(9)91)18-19-59(99)78-22-27-105-30-34-108-74-61(81-43(5)87)68(119-52(14)96)65(116-49(11)93)56(122-74)38-111-46(8)90/h41-42,55-58,61-70,74-76H,17-20,22-40H2,1-16H3,(H,78,99)(H,79,101)(H,80,102)(H,81,87)(H,82,88)(H,83,89)(H,84,103)(H,85,100). The number of carbonyl (C=O) groups excluding carboxylic acids is 17. The number of nitriles is 1. The van der Waals surface area contributed by atoms with Gasteiger partial charge in [-0.05, 0) is 34.1 Å². The van der Waals surface area contributed by atoms with Crippen LogP contribution in [0.4, 0.5) is 0 Å². The highest BCUT2D eigenvalue weighted by molar-refractivity contribution is 7.44. The number of hydrogen-bond donors (Lipinski definition) is 8. The van der Waals surface area contributed by atoms with Crippen molar-refractivity contribution in [1.29, 1.82) is 5.26 Å². The largest absolute Gasteiger partial charge is 0.463 e. The monoisotopic (exact) mass is 1810 g/mol. The van der Waals surface area contributed by atoms with Crippen molar-refractivity contribution in [2.24, 2.45) is 0 Å². The van der Waals surface area contributed by atoms with Crippen LogP contribution in [0.25, 0.3) is 0 Å². The molecule has 3 rings (SSSR count). The summed E-state index contributed by atoms with van der Waals surface area (Å²) in [5, 5.41) is 29.4. The third kappa shape index (κ3) is 43.4. The molecule has 0 aromatic rings. The van der Waals surface area contributed by atoms with E-state index in [0.717, 1.165) is 83.1 Å². The topological polar surface area (TPSA) is 607 Å². The molecule has 3 fully saturated rings. The summed E-state index contributed by atoms with van der Waals surface area (Å²) in [5.74, 6) is -14.1. The van der Waals surface area contributed by atoms with Gasteiger partial charge in [-0.1, -0.05) is 0 Å². The van der Waals surface area contributed by atoms with Gasteiger partial charge in [0.05, 0.1) is 98.4 Å². The van der Waals surface area contributed by atoms with Crippen LogP contribution < -0.4 is 42.5 Å². The van der Waals surface area contributed by atoms with E-state index in [1.54, 1.807) is 0 Å². The minimum absolute atomic E-state index is 0.0163. The lowest BCUT2D eigenvalue weighted by atomic mass is 9.96. The van der Waals surface area contributed by atoms with Crippen LogP contribution in [0.5, 0.6) is 0 Å². The van der Waals surface area contributed by atoms with E-state index in [1.165, 1.54) is 0 Å². The Hall–Kier alpha value is -9.61. The Balaban J connectivity index is 1.92. The first-order valence-corrected chi connectivity index (χ1v) is 41.3. The van der Waals surface area contributed by atoms with E-state index in [1.807, 2.05) is 38.4 Å². The van der Waals surface area contributed by atoms with Gasteiger partial charge >= 0.3 is 53.7 Å². The van der Waals surface area contributed by atoms with Crippen LogP contribution in [0.1, 0.15) is 136 Å². The third-order valence-corrected chi connectivity index (χ3v) is 19.2. The average Bonchev–Trinajstić information content (AvgIpc) is 0.795. The van der Waals surface area contributed by atoms with Crippen LogP contribution in [-0.4, -0.2) is 347 Å². The summed E-state index contributed by atoms with van der Waals surface area (Å²) < 4.78 is 121. The van der Waals surface area contributed by atoms with E-state index < -0.39 is 253 Å². The number of rotatable bonds is 57. The van der Waals surface area contributed by atoms with Crippen LogP contribution in [0.3, 0.4) is 0 Å². The molecule has 0 aromatic heterocycles. The van der Waals surface area contributed by atoms with Crippen molar-refractivity contribution < 1.29 is 181 Å². The van der Waals surface area contributed by atoms with Gasteiger partial charge in [0.25, 0.3) is 20.3 Å². The molecule has 48 nitrogen and oxygen atoms in total. The van der Waals surface area contributed by atoms with E-state index in [4.69, 9.17) is 104 Å². The summed E-state index contributed by atoms with van der Waals surface area (Å²) in [4.78, 5) is 218. The highest BCUT2D eigenvalue weighted by Crippen LogP contribution is 2.46. The molecule has 49 heteroatoms. The van der Waals surface area contributed by atoms with Crippen molar-refractivity contribution in [2.75, 3.05) is 125 Å². The van der Waals surface area contributed by atoms with Crippen molar-refractivity contribution in [3.8, 4) is 6.07 Å². The molecule has 0 aromatic carbocycles. The van der Waals surface area contributed by atoms with Gasteiger partial charge in [-0.2, -0.15) is 5.26 Å². The smallest absolute Gasteiger partial charge is 0.303 e. The normalized spacial score (nSPS) is 22.8. The molecule has 0 aliphatic carbocycles. The van der Waals surface area contributed by atoms with Crippen LogP contribution in [0, 0.1) is 11.3 Å². The molecule has 3 aliphatic heterocycles. The quantitative estimate of drug-likeness (QED) is 0.00980. The molecule has 18 unspecified atom stereocenters. The van der Waals surface area contributed by atoms with Crippen molar-refractivity contribution >= 4 is 110 Å². The maximum Gasteiger partial charge on any atom is 0.303 e. The molecule has 0 saturated carbocycles. The molecular weight excluding hydrogens is 1690 g/mol. The lowest BCUT2D eigenvalue weighted by Gasteiger charge is -2.44. The van der Waals surface area contributed by atoms with Crippen molar-refractivity contribution in [3.63, 3.8) is 0 Å². The van der Waals surface area contributed by atoms with E-state index in [2.05, 4.69) is 42.5 Å². The summed E-state index contributed by atoms with van der Waals surface area (Å²) in [6.45, 7) is 15.9. The predicted octanol–water partition coefficient (Wildman–Crippen LogP) is -3.15. The molecule has 708 valence electrons. The van der Waals surface area contributed by atoms with Gasteiger partial charge in [0, 0.05) is 128 Å². The molecule has 3 heterocycles. The van der Waals surface area contributed by atoms with Crippen LogP contribution >= 0.6 is 8.53 Å². The Labute approximate surface area is 724 Å². The summed E-state index contributed by atoms with van der Waals surface area (Å²) in [5.41, 5.74) is 0. The Morgan fingerprint density at radius 3 is 1.05 bits per heavy atom. The summed E-state index contributed by atoms with van der Waals surface area (Å²) in [7, 11) is -1.66. The molecule has 0 bridgehead atoms. The Morgan fingerprint density at radius 1 is 0.368 bits per heavy atom. The zero-order valence-corrected chi connectivity index (χ0v) is 74.0. The van der Waals surface area contributed by atoms with Gasteiger partial charge in [-0.25, -0.2) is 4.67 Å². The fourth-order valence-electron chi connectivity index (χ4n) is 12.4. The van der Waals surface area contributed by atoms with Gasteiger partial charge < -0.3 is 142 Å². The van der Waals surface area contributed by atoms with Gasteiger partial charge in [0.2, 0.25) is 35.4 Å². The number of esters is 9. The van der Waals surface area contributed by atoms with E-state index in [0.29, 0.717) is 0 Å². The van der Waals surface area contributed by atoms with Gasteiger partial charge in [0.1, 0.15) is 62.3 Å². The molecule has 8 amide bonds. The number of carbonyl (C=O) groups is 17. The maximum absolute atomic E-state index is 14.6. The highest BCUT2D eigenvalue weighted by atomic mass is 31.2. The Morgan fingerprint density at radius 2 is 0.704 bits per heavy atom. The van der Waals surface area contributed by atoms with E-state index in [9.17, 15) is 81.5 Å². The zero-order valence-electron chi connectivity index (χ0n) is 73.1. The number of amides is 8. The number of hydrogen-bond acceptors (Lipinski definition) is 40. The number of ether oxygens (including phenoxy) is 19. The van der Waals surface area contributed by atoms with Crippen LogP contribution in [-0.2, 0) is 181 Å². The van der Waals surface area contributed by atoms with Crippen molar-refractivity contribution in [3.05, 3.63) is 0 Å². The van der Waals surface area contributed by atoms with Gasteiger partial charge in [-0.3, -0.25) is 81.5 Å². The molecule has 125 heavy (non-hydrogen) atoms. The summed E-state index contributed by atoms with van der Waals surface area (Å²) in [6.07, 6.45) is -18.0. The second kappa shape index (κ2) is 59.4. The summed E-state index contributed by atoms with van der Waals surface area (Å²) in [6, 6.07) is -5.73.